The lowest BCUT2D eigenvalue weighted by molar-refractivity contribution is -0.384. The van der Waals surface area contributed by atoms with Crippen LogP contribution < -0.4 is 10.1 Å². The summed E-state index contributed by atoms with van der Waals surface area (Å²) in [4.78, 5) is 22.6. The molecule has 27 heavy (non-hydrogen) atoms. The van der Waals surface area contributed by atoms with Gasteiger partial charge in [0.25, 0.3) is 11.6 Å². The van der Waals surface area contributed by atoms with E-state index in [4.69, 9.17) is 16.3 Å². The smallest absolute Gasteiger partial charge is 0.288 e. The van der Waals surface area contributed by atoms with Gasteiger partial charge >= 0.3 is 0 Å². The Morgan fingerprint density at radius 2 is 2.04 bits per heavy atom. The molecule has 1 amide bonds. The van der Waals surface area contributed by atoms with E-state index >= 15 is 0 Å². The Labute approximate surface area is 157 Å². The number of halogens is 1. The SMILES string of the molecule is COc1ccc(-n2nnnc2CNC(=O)c2ccc(Cl)c([N+](=O)[O-])c2)cc1. The van der Waals surface area contributed by atoms with Crippen LogP contribution in [0.4, 0.5) is 5.69 Å². The molecule has 0 aliphatic carbocycles. The predicted octanol–water partition coefficient (Wildman–Crippen LogP) is 2.16. The van der Waals surface area contributed by atoms with Crippen LogP contribution >= 0.6 is 11.6 Å². The van der Waals surface area contributed by atoms with Crippen LogP contribution in [0, 0.1) is 10.1 Å². The number of hydrogen-bond donors (Lipinski definition) is 1. The monoisotopic (exact) mass is 388 g/mol. The fourth-order valence-electron chi connectivity index (χ4n) is 2.30. The van der Waals surface area contributed by atoms with Crippen LogP contribution in [0.5, 0.6) is 5.75 Å². The first-order valence-electron chi connectivity index (χ1n) is 7.63. The molecule has 1 aromatic heterocycles. The topological polar surface area (TPSA) is 125 Å². The van der Waals surface area contributed by atoms with Gasteiger partial charge in [0.05, 0.1) is 24.3 Å². The van der Waals surface area contributed by atoms with E-state index in [1.54, 1.807) is 31.4 Å². The predicted molar refractivity (Wildman–Crippen MR) is 95.0 cm³/mol. The lowest BCUT2D eigenvalue weighted by Gasteiger charge is -2.07. The van der Waals surface area contributed by atoms with E-state index < -0.39 is 10.8 Å². The third-order valence-corrected chi connectivity index (χ3v) is 3.98. The average Bonchev–Trinajstić information content (AvgIpc) is 3.15. The van der Waals surface area contributed by atoms with E-state index in [0.29, 0.717) is 17.3 Å². The van der Waals surface area contributed by atoms with Gasteiger partial charge in [0.2, 0.25) is 0 Å². The van der Waals surface area contributed by atoms with Crippen LogP contribution in [0.15, 0.2) is 42.5 Å². The van der Waals surface area contributed by atoms with Crippen molar-refractivity contribution < 1.29 is 14.5 Å². The number of methoxy groups -OCH3 is 1. The Bertz CT molecular complexity index is 989. The Balaban J connectivity index is 1.74. The number of nitrogens with one attached hydrogen (secondary N) is 1. The number of rotatable bonds is 6. The Morgan fingerprint density at radius 3 is 2.70 bits per heavy atom. The largest absolute Gasteiger partial charge is 0.497 e. The van der Waals surface area contributed by atoms with E-state index in [2.05, 4.69) is 20.8 Å². The Morgan fingerprint density at radius 1 is 1.30 bits per heavy atom. The number of ether oxygens (including phenoxy) is 1. The molecule has 0 bridgehead atoms. The summed E-state index contributed by atoms with van der Waals surface area (Å²) >= 11 is 5.75. The van der Waals surface area contributed by atoms with Crippen molar-refractivity contribution in [3.8, 4) is 11.4 Å². The molecule has 0 atom stereocenters. The first-order chi connectivity index (χ1) is 13.0. The Kier molecular flexibility index (Phi) is 5.27. The van der Waals surface area contributed by atoms with E-state index in [1.807, 2.05) is 0 Å². The second-order valence-electron chi connectivity index (χ2n) is 5.31. The number of tetrazole rings is 1. The molecule has 0 fully saturated rings. The van der Waals surface area contributed by atoms with Gasteiger partial charge < -0.3 is 10.1 Å². The van der Waals surface area contributed by atoms with Gasteiger partial charge in [0.15, 0.2) is 5.82 Å². The summed E-state index contributed by atoms with van der Waals surface area (Å²) < 4.78 is 6.57. The summed E-state index contributed by atoms with van der Waals surface area (Å²) in [7, 11) is 1.56. The number of nitrogens with zero attached hydrogens (tertiary/aromatic N) is 5. The van der Waals surface area contributed by atoms with Gasteiger partial charge in [-0.25, -0.2) is 0 Å². The fourth-order valence-corrected chi connectivity index (χ4v) is 2.48. The molecule has 0 saturated carbocycles. The molecule has 0 saturated heterocycles. The van der Waals surface area contributed by atoms with Crippen molar-refractivity contribution in [3.63, 3.8) is 0 Å². The van der Waals surface area contributed by atoms with Crippen molar-refractivity contribution in [2.75, 3.05) is 7.11 Å². The minimum absolute atomic E-state index is 0.0221. The second-order valence-corrected chi connectivity index (χ2v) is 5.72. The second kappa shape index (κ2) is 7.79. The molecule has 3 rings (SSSR count). The number of nitro benzene ring substituents is 1. The molecule has 11 heteroatoms. The van der Waals surface area contributed by atoms with Crippen molar-refractivity contribution >= 4 is 23.2 Å². The van der Waals surface area contributed by atoms with Crippen LogP contribution in [0.2, 0.25) is 5.02 Å². The summed E-state index contributed by atoms with van der Waals surface area (Å²) in [5, 5.41) is 24.9. The number of carbonyl (C=O) groups is 1. The summed E-state index contributed by atoms with van der Waals surface area (Å²) in [6, 6.07) is 10.9. The van der Waals surface area contributed by atoms with Gasteiger partial charge in [-0.15, -0.1) is 5.10 Å². The summed E-state index contributed by atoms with van der Waals surface area (Å²) in [6.45, 7) is 0.0221. The summed E-state index contributed by atoms with van der Waals surface area (Å²) in [5.74, 6) is 0.557. The number of carbonyl (C=O) groups excluding carboxylic acids is 1. The van der Waals surface area contributed by atoms with Crippen molar-refractivity contribution in [1.82, 2.24) is 25.5 Å². The highest BCUT2D eigenvalue weighted by Crippen LogP contribution is 2.25. The molecule has 0 aliphatic heterocycles. The van der Waals surface area contributed by atoms with E-state index in [1.165, 1.54) is 16.8 Å². The first kappa shape index (κ1) is 18.3. The average molecular weight is 389 g/mol. The van der Waals surface area contributed by atoms with Gasteiger partial charge in [0.1, 0.15) is 10.8 Å². The molecular weight excluding hydrogens is 376 g/mol. The maximum atomic E-state index is 12.3. The van der Waals surface area contributed by atoms with Gasteiger partial charge in [0, 0.05) is 11.6 Å². The zero-order valence-electron chi connectivity index (χ0n) is 14.0. The third kappa shape index (κ3) is 4.01. The van der Waals surface area contributed by atoms with Gasteiger partial charge in [-0.1, -0.05) is 11.6 Å². The number of aromatic nitrogens is 4. The molecule has 0 radical (unpaired) electrons. The van der Waals surface area contributed by atoms with Crippen molar-refractivity contribution in [2.24, 2.45) is 0 Å². The van der Waals surface area contributed by atoms with Gasteiger partial charge in [-0.2, -0.15) is 4.68 Å². The highest BCUT2D eigenvalue weighted by Gasteiger charge is 2.17. The molecular formula is C16H13ClN6O4. The maximum absolute atomic E-state index is 12.3. The number of benzene rings is 2. The van der Waals surface area contributed by atoms with Crippen molar-refractivity contribution in [3.05, 3.63) is 69.0 Å². The lowest BCUT2D eigenvalue weighted by atomic mass is 10.2. The normalized spacial score (nSPS) is 10.4. The molecule has 2 aromatic carbocycles. The van der Waals surface area contributed by atoms with Crippen molar-refractivity contribution in [2.45, 2.75) is 6.54 Å². The van der Waals surface area contributed by atoms with Gasteiger partial charge in [-0.05, 0) is 46.8 Å². The maximum Gasteiger partial charge on any atom is 0.288 e. The lowest BCUT2D eigenvalue weighted by Crippen LogP contribution is -2.24. The Hall–Kier alpha value is -3.53. The van der Waals surface area contributed by atoms with Crippen LogP contribution in [0.3, 0.4) is 0 Å². The zero-order chi connectivity index (χ0) is 19.4. The van der Waals surface area contributed by atoms with Crippen LogP contribution in [-0.4, -0.2) is 38.1 Å². The third-order valence-electron chi connectivity index (χ3n) is 3.66. The molecule has 0 spiro atoms. The standard InChI is InChI=1S/C16H13ClN6O4/c1-27-12-5-3-11(4-6-12)22-15(19-20-21-22)9-18-16(24)10-2-7-13(17)14(8-10)23(25)26/h2-8H,9H2,1H3,(H,18,24). The number of amides is 1. The molecule has 1 N–H and O–H groups in total. The minimum atomic E-state index is -0.649. The molecule has 3 aromatic rings. The van der Waals surface area contributed by atoms with Crippen LogP contribution in [-0.2, 0) is 6.54 Å². The quantitative estimate of drug-likeness (QED) is 0.506. The minimum Gasteiger partial charge on any atom is -0.497 e. The number of nitro groups is 1. The van der Waals surface area contributed by atoms with E-state index in [-0.39, 0.29) is 22.8 Å². The highest BCUT2D eigenvalue weighted by atomic mass is 35.5. The molecule has 138 valence electrons. The number of hydrogen-bond acceptors (Lipinski definition) is 7. The van der Waals surface area contributed by atoms with Crippen LogP contribution in [0.25, 0.3) is 5.69 Å². The van der Waals surface area contributed by atoms with Crippen LogP contribution in [0.1, 0.15) is 16.2 Å². The molecule has 0 unspecified atom stereocenters. The fraction of sp³-hybridized carbons (Fsp3) is 0.125. The molecule has 0 aliphatic rings. The summed E-state index contributed by atoms with van der Waals surface area (Å²) in [5.41, 5.74) is 0.453. The molecule has 10 nitrogen and oxygen atoms in total. The highest BCUT2D eigenvalue weighted by molar-refractivity contribution is 6.32. The molecule has 1 heterocycles. The van der Waals surface area contributed by atoms with Crippen molar-refractivity contribution in [1.29, 1.82) is 0 Å². The van der Waals surface area contributed by atoms with E-state index in [0.717, 1.165) is 6.07 Å². The van der Waals surface area contributed by atoms with Gasteiger partial charge in [-0.3, -0.25) is 14.9 Å². The van der Waals surface area contributed by atoms with E-state index in [9.17, 15) is 14.9 Å². The summed E-state index contributed by atoms with van der Waals surface area (Å²) in [6.07, 6.45) is 0. The first-order valence-corrected chi connectivity index (χ1v) is 8.01. The zero-order valence-corrected chi connectivity index (χ0v) is 14.8.